The first-order valence-electron chi connectivity index (χ1n) is 4.50. The fourth-order valence-electron chi connectivity index (χ4n) is 1.07. The number of Topliss-reactive ketones (excluding diaryl/α,β-unsaturated/α-hetero) is 1. The third-order valence-corrected chi connectivity index (χ3v) is 3.58. The number of aromatic amines is 1. The molecule has 1 N–H and O–H groups in total. The van der Waals surface area contributed by atoms with Gasteiger partial charge in [0.15, 0.2) is 10.9 Å². The fourth-order valence-corrected chi connectivity index (χ4v) is 2.55. The number of nitrogens with one attached hydrogen (secondary N) is 1. The lowest BCUT2D eigenvalue weighted by atomic mass is 10.4. The van der Waals surface area contributed by atoms with Crippen LogP contribution in [-0.2, 0) is 0 Å². The maximum absolute atomic E-state index is 11.6. The molecule has 0 spiro atoms. The lowest BCUT2D eigenvalue weighted by molar-refractivity contribution is 0.102. The predicted octanol–water partition coefficient (Wildman–Crippen LogP) is 1.81. The van der Waals surface area contributed by atoms with E-state index >= 15 is 0 Å². The summed E-state index contributed by atoms with van der Waals surface area (Å²) in [7, 11) is 0. The van der Waals surface area contributed by atoms with Gasteiger partial charge in [-0.1, -0.05) is 17.8 Å². The lowest BCUT2D eigenvalue weighted by Gasteiger charge is -1.97. The summed E-state index contributed by atoms with van der Waals surface area (Å²) < 4.78 is 0. The molecule has 2 heterocycles. The molecule has 0 aliphatic heterocycles. The summed E-state index contributed by atoms with van der Waals surface area (Å²) in [4.78, 5) is 29.8. The SMILES string of the molecule is O=C(CSc1nccc(=O)[nH]1)c1cccs1. The van der Waals surface area contributed by atoms with Crippen LogP contribution in [0.2, 0.25) is 0 Å². The Kier molecular flexibility index (Phi) is 3.53. The van der Waals surface area contributed by atoms with Gasteiger partial charge in [0.25, 0.3) is 5.56 Å². The van der Waals surface area contributed by atoms with Crippen LogP contribution in [-0.4, -0.2) is 21.5 Å². The number of carbonyl (C=O) groups excluding carboxylic acids is 1. The van der Waals surface area contributed by atoms with Gasteiger partial charge >= 0.3 is 0 Å². The molecular weight excluding hydrogens is 244 g/mol. The van der Waals surface area contributed by atoms with Gasteiger partial charge in [-0.05, 0) is 11.4 Å². The molecule has 0 saturated carbocycles. The van der Waals surface area contributed by atoms with E-state index in [4.69, 9.17) is 0 Å². The highest BCUT2D eigenvalue weighted by atomic mass is 32.2. The Morgan fingerprint density at radius 1 is 1.50 bits per heavy atom. The van der Waals surface area contributed by atoms with Gasteiger partial charge in [0.05, 0.1) is 10.6 Å². The molecule has 2 aromatic heterocycles. The number of carbonyl (C=O) groups is 1. The van der Waals surface area contributed by atoms with Crippen molar-refractivity contribution in [2.24, 2.45) is 0 Å². The smallest absolute Gasteiger partial charge is 0.251 e. The number of thiophene rings is 1. The van der Waals surface area contributed by atoms with Crippen LogP contribution in [0.4, 0.5) is 0 Å². The summed E-state index contributed by atoms with van der Waals surface area (Å²) in [6, 6.07) is 4.96. The Bertz CT molecular complexity index is 534. The van der Waals surface area contributed by atoms with Crippen LogP contribution >= 0.6 is 23.1 Å². The predicted molar refractivity (Wildman–Crippen MR) is 64.2 cm³/mol. The summed E-state index contributed by atoms with van der Waals surface area (Å²) in [5, 5.41) is 2.33. The summed E-state index contributed by atoms with van der Waals surface area (Å²) in [5.74, 6) is 0.333. The first-order valence-corrected chi connectivity index (χ1v) is 6.37. The summed E-state index contributed by atoms with van der Waals surface area (Å²) in [6.07, 6.45) is 1.43. The normalized spacial score (nSPS) is 10.2. The van der Waals surface area contributed by atoms with E-state index in [1.807, 2.05) is 11.4 Å². The van der Waals surface area contributed by atoms with Crippen LogP contribution in [0.3, 0.4) is 0 Å². The Morgan fingerprint density at radius 2 is 2.38 bits per heavy atom. The third kappa shape index (κ3) is 2.80. The highest BCUT2D eigenvalue weighted by Gasteiger charge is 2.08. The Hall–Kier alpha value is -1.40. The molecule has 0 radical (unpaired) electrons. The Morgan fingerprint density at radius 3 is 3.06 bits per heavy atom. The first kappa shape index (κ1) is 11.1. The molecule has 0 aliphatic rings. The van der Waals surface area contributed by atoms with Crippen LogP contribution in [0.25, 0.3) is 0 Å². The van der Waals surface area contributed by atoms with Crippen LogP contribution in [0.15, 0.2) is 39.7 Å². The minimum Gasteiger partial charge on any atom is -0.301 e. The zero-order valence-electron chi connectivity index (χ0n) is 8.17. The van der Waals surface area contributed by atoms with Crippen molar-refractivity contribution in [1.82, 2.24) is 9.97 Å². The van der Waals surface area contributed by atoms with Crippen LogP contribution in [0.5, 0.6) is 0 Å². The largest absolute Gasteiger partial charge is 0.301 e. The van der Waals surface area contributed by atoms with Gasteiger partial charge in [-0.15, -0.1) is 11.3 Å². The van der Waals surface area contributed by atoms with Crippen molar-refractivity contribution in [2.45, 2.75) is 5.16 Å². The standard InChI is InChI=1S/C10H8N2O2S2/c13-7(8-2-1-5-15-8)6-16-10-11-4-3-9(14)12-10/h1-5H,6H2,(H,11,12,14). The van der Waals surface area contributed by atoms with Crippen molar-refractivity contribution in [3.63, 3.8) is 0 Å². The van der Waals surface area contributed by atoms with Gasteiger partial charge in [0.2, 0.25) is 0 Å². The molecule has 0 fully saturated rings. The number of H-pyrrole nitrogens is 1. The average molecular weight is 252 g/mol. The summed E-state index contributed by atoms with van der Waals surface area (Å²) in [5.41, 5.74) is -0.207. The minimum atomic E-state index is -0.207. The summed E-state index contributed by atoms with van der Waals surface area (Å²) >= 11 is 2.65. The number of hydrogen-bond acceptors (Lipinski definition) is 5. The fraction of sp³-hybridized carbons (Fsp3) is 0.100. The van der Waals surface area contributed by atoms with Crippen LogP contribution < -0.4 is 5.56 Å². The van der Waals surface area contributed by atoms with E-state index in [1.54, 1.807) is 6.07 Å². The minimum absolute atomic E-state index is 0.0477. The van der Waals surface area contributed by atoms with Crippen molar-refractivity contribution < 1.29 is 4.79 Å². The quantitative estimate of drug-likeness (QED) is 0.512. The molecule has 16 heavy (non-hydrogen) atoms. The van der Waals surface area contributed by atoms with E-state index in [9.17, 15) is 9.59 Å². The van der Waals surface area contributed by atoms with Crippen molar-refractivity contribution in [2.75, 3.05) is 5.75 Å². The van der Waals surface area contributed by atoms with E-state index in [-0.39, 0.29) is 17.1 Å². The molecule has 2 rings (SSSR count). The lowest BCUT2D eigenvalue weighted by Crippen LogP contribution is -2.07. The third-order valence-electron chi connectivity index (χ3n) is 1.78. The van der Waals surface area contributed by atoms with Crippen molar-refractivity contribution in [3.8, 4) is 0 Å². The van der Waals surface area contributed by atoms with Crippen molar-refractivity contribution in [3.05, 3.63) is 45.0 Å². The second-order valence-electron chi connectivity index (χ2n) is 2.93. The monoisotopic (exact) mass is 252 g/mol. The molecular formula is C10H8N2O2S2. The molecule has 4 nitrogen and oxygen atoms in total. The highest BCUT2D eigenvalue weighted by Crippen LogP contribution is 2.16. The van der Waals surface area contributed by atoms with Gasteiger partial charge in [0.1, 0.15) is 0 Å². The van der Waals surface area contributed by atoms with E-state index < -0.39 is 0 Å². The van der Waals surface area contributed by atoms with Crippen molar-refractivity contribution >= 4 is 28.9 Å². The highest BCUT2D eigenvalue weighted by molar-refractivity contribution is 7.99. The second-order valence-corrected chi connectivity index (χ2v) is 4.84. The maximum atomic E-state index is 11.6. The van der Waals surface area contributed by atoms with Crippen LogP contribution in [0.1, 0.15) is 9.67 Å². The number of aromatic nitrogens is 2. The topological polar surface area (TPSA) is 62.8 Å². The number of nitrogens with zero attached hydrogens (tertiary/aromatic N) is 1. The van der Waals surface area contributed by atoms with Gasteiger partial charge in [0, 0.05) is 12.3 Å². The zero-order valence-corrected chi connectivity index (χ0v) is 9.81. The Balaban J connectivity index is 1.98. The van der Waals surface area contributed by atoms with E-state index in [0.29, 0.717) is 5.16 Å². The van der Waals surface area contributed by atoms with E-state index in [2.05, 4.69) is 9.97 Å². The molecule has 6 heteroatoms. The van der Waals surface area contributed by atoms with Gasteiger partial charge in [-0.3, -0.25) is 9.59 Å². The number of rotatable bonds is 4. The molecule has 0 saturated heterocycles. The second kappa shape index (κ2) is 5.09. The molecule has 0 aromatic carbocycles. The molecule has 2 aromatic rings. The maximum Gasteiger partial charge on any atom is 0.251 e. The summed E-state index contributed by atoms with van der Waals surface area (Å²) in [6.45, 7) is 0. The average Bonchev–Trinajstić information content (AvgIpc) is 2.79. The van der Waals surface area contributed by atoms with E-state index in [1.165, 1.54) is 35.4 Å². The molecule has 0 unspecified atom stereocenters. The van der Waals surface area contributed by atoms with E-state index in [0.717, 1.165) is 4.88 Å². The number of ketones is 1. The number of thioether (sulfide) groups is 1. The molecule has 0 amide bonds. The zero-order chi connectivity index (χ0) is 11.4. The van der Waals surface area contributed by atoms with Crippen LogP contribution in [0, 0.1) is 0 Å². The molecule has 82 valence electrons. The number of hydrogen-bond donors (Lipinski definition) is 1. The van der Waals surface area contributed by atoms with Crippen molar-refractivity contribution in [1.29, 1.82) is 0 Å². The molecule has 0 bridgehead atoms. The van der Waals surface area contributed by atoms with Gasteiger partial charge in [-0.25, -0.2) is 4.98 Å². The van der Waals surface area contributed by atoms with Gasteiger partial charge in [-0.2, -0.15) is 0 Å². The first-order chi connectivity index (χ1) is 7.75. The van der Waals surface area contributed by atoms with Gasteiger partial charge < -0.3 is 4.98 Å². The molecule has 0 aliphatic carbocycles. The molecule has 0 atom stereocenters. The Labute approximate surface area is 99.7 Å².